The summed E-state index contributed by atoms with van der Waals surface area (Å²) >= 11 is 0. The molecule has 106 valence electrons. The summed E-state index contributed by atoms with van der Waals surface area (Å²) in [5.41, 5.74) is 0. The molecule has 0 aliphatic heterocycles. The number of carboxylic acid groups (broad SMARTS) is 1. The summed E-state index contributed by atoms with van der Waals surface area (Å²) in [5, 5.41) is 8.71. The highest BCUT2D eigenvalue weighted by molar-refractivity contribution is 5.77. The van der Waals surface area contributed by atoms with Crippen LogP contribution in [0.1, 0.15) is 32.4 Å². The van der Waals surface area contributed by atoms with Crippen molar-refractivity contribution in [1.29, 1.82) is 0 Å². The van der Waals surface area contributed by atoms with Crippen LogP contribution in [0.25, 0.3) is 0 Å². The number of rotatable bonds is 8. The maximum atomic E-state index is 12.1. The second-order valence-electron chi connectivity index (χ2n) is 4.96. The quantitative estimate of drug-likeness (QED) is 0.783. The molecular weight excluding hydrogens is 246 g/mol. The van der Waals surface area contributed by atoms with Gasteiger partial charge in [-0.15, -0.1) is 0 Å². The van der Waals surface area contributed by atoms with Crippen LogP contribution in [0.4, 0.5) is 0 Å². The molecule has 0 aromatic carbocycles. The molecule has 5 heteroatoms. The van der Waals surface area contributed by atoms with E-state index in [-0.39, 0.29) is 18.9 Å². The van der Waals surface area contributed by atoms with Gasteiger partial charge in [0, 0.05) is 25.9 Å². The van der Waals surface area contributed by atoms with E-state index in [9.17, 15) is 9.59 Å². The van der Waals surface area contributed by atoms with Gasteiger partial charge in [0.15, 0.2) is 0 Å². The number of hydrogen-bond donors (Lipinski definition) is 1. The molecule has 0 bridgehead atoms. The molecule has 1 aromatic heterocycles. The van der Waals surface area contributed by atoms with E-state index in [1.807, 2.05) is 19.9 Å². The molecule has 19 heavy (non-hydrogen) atoms. The van der Waals surface area contributed by atoms with E-state index in [1.54, 1.807) is 17.2 Å². The van der Waals surface area contributed by atoms with Crippen LogP contribution < -0.4 is 0 Å². The molecule has 0 fully saturated rings. The Morgan fingerprint density at radius 3 is 2.63 bits per heavy atom. The Morgan fingerprint density at radius 1 is 1.37 bits per heavy atom. The van der Waals surface area contributed by atoms with Crippen LogP contribution in [0, 0.1) is 5.92 Å². The van der Waals surface area contributed by atoms with Gasteiger partial charge in [-0.2, -0.15) is 0 Å². The Kier molecular flexibility index (Phi) is 6.12. The highest BCUT2D eigenvalue weighted by Crippen LogP contribution is 2.08. The van der Waals surface area contributed by atoms with Crippen LogP contribution in [0.5, 0.6) is 0 Å². The van der Waals surface area contributed by atoms with Crippen molar-refractivity contribution in [1.82, 2.24) is 4.90 Å². The molecule has 0 aliphatic carbocycles. The molecule has 0 spiro atoms. The number of carbonyl (C=O) groups excluding carboxylic acids is 1. The van der Waals surface area contributed by atoms with Gasteiger partial charge >= 0.3 is 5.97 Å². The minimum atomic E-state index is -0.882. The molecule has 1 rings (SSSR count). The Hall–Kier alpha value is -1.78. The number of carbonyl (C=O) groups is 2. The Morgan fingerprint density at radius 2 is 2.11 bits per heavy atom. The third-order valence-electron chi connectivity index (χ3n) is 2.70. The number of aryl methyl sites for hydroxylation is 1. The van der Waals surface area contributed by atoms with Gasteiger partial charge in [0.25, 0.3) is 0 Å². The molecule has 5 nitrogen and oxygen atoms in total. The number of nitrogens with zero attached hydrogens (tertiary/aromatic N) is 1. The molecule has 0 aliphatic rings. The molecule has 1 N–H and O–H groups in total. The van der Waals surface area contributed by atoms with Gasteiger partial charge in [-0.3, -0.25) is 9.59 Å². The molecule has 1 heterocycles. The van der Waals surface area contributed by atoms with Crippen LogP contribution in [0.2, 0.25) is 0 Å². The Labute approximate surface area is 113 Å². The predicted molar refractivity (Wildman–Crippen MR) is 70.7 cm³/mol. The average Bonchev–Trinajstić information content (AvgIpc) is 2.83. The third-order valence-corrected chi connectivity index (χ3v) is 2.70. The van der Waals surface area contributed by atoms with E-state index in [0.29, 0.717) is 25.3 Å². The highest BCUT2D eigenvalue weighted by atomic mass is 16.4. The van der Waals surface area contributed by atoms with E-state index in [1.165, 1.54) is 0 Å². The lowest BCUT2D eigenvalue weighted by atomic mass is 10.1. The number of aliphatic carboxylic acids is 1. The van der Waals surface area contributed by atoms with E-state index < -0.39 is 5.97 Å². The van der Waals surface area contributed by atoms with Crippen molar-refractivity contribution in [3.05, 3.63) is 24.2 Å². The van der Waals surface area contributed by atoms with Gasteiger partial charge in [-0.1, -0.05) is 13.8 Å². The Balaban J connectivity index is 2.47. The molecular formula is C14H21NO4. The fraction of sp³-hybridized carbons (Fsp3) is 0.571. The second kappa shape index (κ2) is 7.61. The normalized spacial score (nSPS) is 10.7. The molecule has 0 unspecified atom stereocenters. The van der Waals surface area contributed by atoms with Crippen molar-refractivity contribution in [3.8, 4) is 0 Å². The van der Waals surface area contributed by atoms with E-state index in [0.717, 1.165) is 5.76 Å². The van der Waals surface area contributed by atoms with Gasteiger partial charge in [-0.25, -0.2) is 0 Å². The van der Waals surface area contributed by atoms with E-state index in [2.05, 4.69) is 0 Å². The fourth-order valence-electron chi connectivity index (χ4n) is 1.83. The monoisotopic (exact) mass is 267 g/mol. The summed E-state index contributed by atoms with van der Waals surface area (Å²) in [4.78, 5) is 24.3. The van der Waals surface area contributed by atoms with Gasteiger partial charge in [0.1, 0.15) is 5.76 Å². The van der Waals surface area contributed by atoms with Gasteiger partial charge in [-0.05, 0) is 18.1 Å². The van der Waals surface area contributed by atoms with Crippen LogP contribution in [0.15, 0.2) is 22.8 Å². The molecule has 0 radical (unpaired) electrons. The van der Waals surface area contributed by atoms with Gasteiger partial charge in [0.05, 0.1) is 12.7 Å². The van der Waals surface area contributed by atoms with E-state index in [4.69, 9.17) is 9.52 Å². The topological polar surface area (TPSA) is 70.8 Å². The standard InChI is InChI=1S/C14H21NO4/c1-11(2)10-15(8-7-14(17)18)13(16)6-5-12-4-3-9-19-12/h3-4,9,11H,5-8,10H2,1-2H3,(H,17,18). The molecule has 0 saturated carbocycles. The van der Waals surface area contributed by atoms with Crippen molar-refractivity contribution < 1.29 is 19.1 Å². The summed E-state index contributed by atoms with van der Waals surface area (Å²) < 4.78 is 5.18. The van der Waals surface area contributed by atoms with Crippen molar-refractivity contribution in [3.63, 3.8) is 0 Å². The van der Waals surface area contributed by atoms with Crippen molar-refractivity contribution >= 4 is 11.9 Å². The number of furan rings is 1. The maximum Gasteiger partial charge on any atom is 0.305 e. The highest BCUT2D eigenvalue weighted by Gasteiger charge is 2.16. The first-order valence-corrected chi connectivity index (χ1v) is 6.51. The first kappa shape index (κ1) is 15.3. The number of amides is 1. The van der Waals surface area contributed by atoms with Crippen molar-refractivity contribution in [2.24, 2.45) is 5.92 Å². The molecule has 1 amide bonds. The largest absolute Gasteiger partial charge is 0.481 e. The third kappa shape index (κ3) is 6.08. The van der Waals surface area contributed by atoms with Crippen LogP contribution in [0.3, 0.4) is 0 Å². The Bertz CT molecular complexity index is 398. The first-order chi connectivity index (χ1) is 8.99. The zero-order chi connectivity index (χ0) is 14.3. The summed E-state index contributed by atoms with van der Waals surface area (Å²) in [6.45, 7) is 4.87. The summed E-state index contributed by atoms with van der Waals surface area (Å²) in [7, 11) is 0. The minimum absolute atomic E-state index is 0.0147. The fourth-order valence-corrected chi connectivity index (χ4v) is 1.83. The first-order valence-electron chi connectivity index (χ1n) is 6.51. The van der Waals surface area contributed by atoms with Crippen molar-refractivity contribution in [2.45, 2.75) is 33.1 Å². The lowest BCUT2D eigenvalue weighted by molar-refractivity contribution is -0.138. The molecule has 0 saturated heterocycles. The second-order valence-corrected chi connectivity index (χ2v) is 4.96. The van der Waals surface area contributed by atoms with Crippen LogP contribution in [-0.2, 0) is 16.0 Å². The van der Waals surface area contributed by atoms with Gasteiger partial charge in [0.2, 0.25) is 5.91 Å². The van der Waals surface area contributed by atoms with Crippen molar-refractivity contribution in [2.75, 3.05) is 13.1 Å². The summed E-state index contributed by atoms with van der Waals surface area (Å²) in [6, 6.07) is 3.62. The summed E-state index contributed by atoms with van der Waals surface area (Å²) in [6.07, 6.45) is 2.46. The van der Waals surface area contributed by atoms with Gasteiger partial charge < -0.3 is 14.4 Å². The lowest BCUT2D eigenvalue weighted by Crippen LogP contribution is -2.36. The van der Waals surface area contributed by atoms with E-state index >= 15 is 0 Å². The molecule has 0 atom stereocenters. The lowest BCUT2D eigenvalue weighted by Gasteiger charge is -2.23. The smallest absolute Gasteiger partial charge is 0.305 e. The van der Waals surface area contributed by atoms with Crippen LogP contribution >= 0.6 is 0 Å². The minimum Gasteiger partial charge on any atom is -0.481 e. The predicted octanol–water partition coefficient (Wildman–Crippen LogP) is 2.17. The maximum absolute atomic E-state index is 12.1. The van der Waals surface area contributed by atoms with Crippen LogP contribution in [-0.4, -0.2) is 35.0 Å². The average molecular weight is 267 g/mol. The zero-order valence-electron chi connectivity index (χ0n) is 11.5. The number of hydrogen-bond acceptors (Lipinski definition) is 3. The molecule has 1 aromatic rings. The zero-order valence-corrected chi connectivity index (χ0v) is 11.5. The summed E-state index contributed by atoms with van der Waals surface area (Å²) in [5.74, 6) is 0.191. The SMILES string of the molecule is CC(C)CN(CCC(=O)O)C(=O)CCc1ccco1. The number of carboxylic acids is 1.